The van der Waals surface area contributed by atoms with E-state index in [9.17, 15) is 22.0 Å². The van der Waals surface area contributed by atoms with Gasteiger partial charge in [0.2, 0.25) is 16.0 Å². The Labute approximate surface area is 219 Å². The quantitative estimate of drug-likeness (QED) is 0.451. The van der Waals surface area contributed by atoms with Crippen LogP contribution in [-0.2, 0) is 10.0 Å². The lowest BCUT2D eigenvalue weighted by molar-refractivity contribution is -0.0221. The number of rotatable bonds is 8. The molecule has 3 N–H and O–H groups in total. The summed E-state index contributed by atoms with van der Waals surface area (Å²) in [6.07, 6.45) is 5.27. The van der Waals surface area contributed by atoms with Crippen molar-refractivity contribution in [1.82, 2.24) is 15.0 Å². The summed E-state index contributed by atoms with van der Waals surface area (Å²) in [4.78, 5) is 30.0. The summed E-state index contributed by atoms with van der Waals surface area (Å²) < 4.78 is 53.8. The van der Waals surface area contributed by atoms with E-state index in [0.29, 0.717) is 30.1 Å². The molecule has 1 saturated carbocycles. The van der Waals surface area contributed by atoms with E-state index in [4.69, 9.17) is 5.11 Å². The van der Waals surface area contributed by atoms with Crippen LogP contribution >= 0.6 is 0 Å². The van der Waals surface area contributed by atoms with Gasteiger partial charge < -0.3 is 14.9 Å². The van der Waals surface area contributed by atoms with Gasteiger partial charge in [0.1, 0.15) is 17.5 Å². The van der Waals surface area contributed by atoms with Crippen molar-refractivity contribution in [3.8, 4) is 0 Å². The summed E-state index contributed by atoms with van der Waals surface area (Å²) >= 11 is 0. The van der Waals surface area contributed by atoms with Crippen molar-refractivity contribution in [2.24, 2.45) is 5.41 Å². The number of alkyl halides is 2. The molecule has 3 fully saturated rings. The highest BCUT2D eigenvalue weighted by atomic mass is 32.2. The molecular weight excluding hydrogens is 520 g/mol. The first kappa shape index (κ1) is 26.5. The maximum Gasteiger partial charge on any atom is 0.261 e. The third kappa shape index (κ3) is 6.12. The van der Waals surface area contributed by atoms with Crippen LogP contribution in [0.25, 0.3) is 0 Å². The van der Waals surface area contributed by atoms with Crippen LogP contribution in [0, 0.1) is 5.41 Å². The molecule has 0 aromatic carbocycles. The normalized spacial score (nSPS) is 20.3. The predicted octanol–water partition coefficient (Wildman–Crippen LogP) is 2.47. The number of aliphatic hydroxyl groups is 1. The first-order valence-corrected chi connectivity index (χ1v) is 14.4. The summed E-state index contributed by atoms with van der Waals surface area (Å²) in [6.45, 7) is 1.14. The molecule has 206 valence electrons. The summed E-state index contributed by atoms with van der Waals surface area (Å²) in [5.41, 5.74) is 0.611. The molecule has 3 aliphatic rings. The lowest BCUT2D eigenvalue weighted by Gasteiger charge is -2.34. The van der Waals surface area contributed by atoms with Crippen molar-refractivity contribution in [3.63, 3.8) is 0 Å². The van der Waals surface area contributed by atoms with E-state index in [1.165, 1.54) is 31.2 Å². The second-order valence-corrected chi connectivity index (χ2v) is 12.1. The molecule has 2 aromatic rings. The van der Waals surface area contributed by atoms with Gasteiger partial charge in [0.05, 0.1) is 17.9 Å². The Bertz CT molecular complexity index is 1290. The number of sulfonamides is 1. The van der Waals surface area contributed by atoms with Crippen LogP contribution in [0.2, 0.25) is 0 Å². The Hall–Kier alpha value is -3.13. The second-order valence-electron chi connectivity index (χ2n) is 10.2. The van der Waals surface area contributed by atoms with Gasteiger partial charge in [-0.3, -0.25) is 14.8 Å². The number of nitrogens with zero attached hydrogens (tertiary/aromatic N) is 5. The van der Waals surface area contributed by atoms with Crippen molar-refractivity contribution in [2.75, 3.05) is 58.4 Å². The van der Waals surface area contributed by atoms with Crippen LogP contribution in [0.1, 0.15) is 48.9 Å². The standard InChI is InChI=1S/C24H31F2N7O4S/c25-24(26)8-13-32(14-9-24)19-3-10-27-22(29-19)30-21(35)17-1-2-18(31-38(36,37)16-15-34)28-20(17)33-11-6-23(4-5-23)7-12-33/h1-3,10,34H,4-9,11-16H2,(H,28,31)(H,27,29,30,35). The number of piperidine rings is 2. The van der Waals surface area contributed by atoms with E-state index in [-0.39, 0.29) is 43.3 Å². The fourth-order valence-electron chi connectivity index (χ4n) is 4.94. The van der Waals surface area contributed by atoms with Crippen LogP contribution in [0.5, 0.6) is 0 Å². The molecule has 1 amide bonds. The number of halogens is 2. The summed E-state index contributed by atoms with van der Waals surface area (Å²) in [5.74, 6) is -2.81. The molecule has 5 rings (SSSR count). The van der Waals surface area contributed by atoms with E-state index >= 15 is 0 Å². The van der Waals surface area contributed by atoms with Gasteiger partial charge in [-0.25, -0.2) is 27.2 Å². The molecule has 0 bridgehead atoms. The number of aromatic nitrogens is 3. The molecule has 1 spiro atoms. The Balaban J connectivity index is 1.36. The largest absolute Gasteiger partial charge is 0.395 e. The van der Waals surface area contributed by atoms with Gasteiger partial charge in [-0.05, 0) is 49.3 Å². The average Bonchev–Trinajstić information content (AvgIpc) is 3.63. The average molecular weight is 552 g/mol. The van der Waals surface area contributed by atoms with Crippen LogP contribution in [-0.4, -0.2) is 78.8 Å². The van der Waals surface area contributed by atoms with Gasteiger partial charge in [0.15, 0.2) is 0 Å². The Kier molecular flexibility index (Phi) is 7.11. The van der Waals surface area contributed by atoms with Gasteiger partial charge in [-0.1, -0.05) is 0 Å². The molecular formula is C24H31F2N7O4S. The monoisotopic (exact) mass is 551 g/mol. The van der Waals surface area contributed by atoms with Crippen LogP contribution in [0.4, 0.5) is 32.2 Å². The molecule has 2 aliphatic heterocycles. The van der Waals surface area contributed by atoms with Crippen LogP contribution in [0.15, 0.2) is 24.4 Å². The maximum absolute atomic E-state index is 13.6. The molecule has 0 radical (unpaired) electrons. The van der Waals surface area contributed by atoms with Crippen molar-refractivity contribution in [3.05, 3.63) is 30.0 Å². The minimum Gasteiger partial charge on any atom is -0.395 e. The second kappa shape index (κ2) is 10.2. The summed E-state index contributed by atoms with van der Waals surface area (Å²) in [6, 6.07) is 4.50. The third-order valence-electron chi connectivity index (χ3n) is 7.51. The number of carbonyl (C=O) groups excluding carboxylic acids is 1. The number of anilines is 4. The molecule has 11 nitrogen and oxygen atoms in total. The summed E-state index contributed by atoms with van der Waals surface area (Å²) in [7, 11) is -3.80. The zero-order valence-electron chi connectivity index (χ0n) is 20.9. The molecule has 0 unspecified atom stereocenters. The number of hydrogen-bond acceptors (Lipinski definition) is 9. The maximum atomic E-state index is 13.6. The lowest BCUT2D eigenvalue weighted by atomic mass is 9.93. The number of amides is 1. The molecule has 14 heteroatoms. The Morgan fingerprint density at radius 1 is 0.974 bits per heavy atom. The van der Waals surface area contributed by atoms with Crippen molar-refractivity contribution in [1.29, 1.82) is 0 Å². The fourth-order valence-corrected chi connectivity index (χ4v) is 5.72. The predicted molar refractivity (Wildman–Crippen MR) is 138 cm³/mol. The van der Waals surface area contributed by atoms with E-state index in [0.717, 1.165) is 12.8 Å². The molecule has 4 heterocycles. The molecule has 2 saturated heterocycles. The van der Waals surface area contributed by atoms with Gasteiger partial charge in [0, 0.05) is 45.2 Å². The molecule has 38 heavy (non-hydrogen) atoms. The summed E-state index contributed by atoms with van der Waals surface area (Å²) in [5, 5.41) is 11.7. The Morgan fingerprint density at radius 3 is 2.32 bits per heavy atom. The number of nitrogens with one attached hydrogen (secondary N) is 2. The van der Waals surface area contributed by atoms with E-state index in [1.807, 2.05) is 4.90 Å². The lowest BCUT2D eigenvalue weighted by Crippen LogP contribution is -2.39. The fraction of sp³-hybridized carbons (Fsp3) is 0.583. The minimum atomic E-state index is -3.80. The zero-order chi connectivity index (χ0) is 27.0. The van der Waals surface area contributed by atoms with E-state index in [2.05, 4.69) is 25.0 Å². The van der Waals surface area contributed by atoms with Gasteiger partial charge in [-0.15, -0.1) is 0 Å². The topological polar surface area (TPSA) is 141 Å². The Morgan fingerprint density at radius 2 is 1.66 bits per heavy atom. The number of pyridine rings is 1. The van der Waals surface area contributed by atoms with Crippen molar-refractivity contribution < 1.29 is 27.1 Å². The highest BCUT2D eigenvalue weighted by Crippen LogP contribution is 2.54. The first-order chi connectivity index (χ1) is 18.1. The number of aliphatic hydroxyl groups excluding tert-OH is 1. The zero-order valence-corrected chi connectivity index (χ0v) is 21.7. The van der Waals surface area contributed by atoms with Crippen LogP contribution in [0.3, 0.4) is 0 Å². The van der Waals surface area contributed by atoms with Gasteiger partial charge >= 0.3 is 0 Å². The van der Waals surface area contributed by atoms with Crippen molar-refractivity contribution in [2.45, 2.75) is 44.4 Å². The SMILES string of the molecule is O=C(Nc1nccc(N2CCC(F)(F)CC2)n1)c1ccc(NS(=O)(=O)CCO)nc1N1CCC2(CC1)CC2. The molecule has 2 aromatic heterocycles. The van der Waals surface area contributed by atoms with Gasteiger partial charge in [0.25, 0.3) is 11.8 Å². The molecule has 1 aliphatic carbocycles. The number of hydrogen-bond donors (Lipinski definition) is 3. The minimum absolute atomic E-state index is 0.0269. The van der Waals surface area contributed by atoms with E-state index < -0.39 is 34.2 Å². The highest BCUT2D eigenvalue weighted by Gasteiger charge is 2.45. The third-order valence-corrected chi connectivity index (χ3v) is 8.75. The molecule has 0 atom stereocenters. The van der Waals surface area contributed by atoms with Gasteiger partial charge in [-0.2, -0.15) is 4.98 Å². The highest BCUT2D eigenvalue weighted by molar-refractivity contribution is 7.92. The van der Waals surface area contributed by atoms with Crippen LogP contribution < -0.4 is 19.8 Å². The van der Waals surface area contributed by atoms with Crippen molar-refractivity contribution >= 4 is 39.3 Å². The van der Waals surface area contributed by atoms with E-state index in [1.54, 1.807) is 11.0 Å². The smallest absolute Gasteiger partial charge is 0.261 e. The number of carbonyl (C=O) groups is 1. The first-order valence-electron chi connectivity index (χ1n) is 12.7.